The summed E-state index contributed by atoms with van der Waals surface area (Å²) in [6, 6.07) is 1.78. The lowest BCUT2D eigenvalue weighted by atomic mass is 10.8. The molecule has 0 aliphatic carbocycles. The van der Waals surface area contributed by atoms with E-state index in [1.165, 1.54) is 0 Å². The smallest absolute Gasteiger partial charge is 0.244 e. The Hall–Kier alpha value is -1.04. The summed E-state index contributed by atoms with van der Waals surface area (Å²) in [5.41, 5.74) is 2.36. The summed E-state index contributed by atoms with van der Waals surface area (Å²) in [5, 5.41) is 11.1. The minimum atomic E-state index is 0.435. The Bertz CT molecular complexity index is 107. The fourth-order valence-electron chi connectivity index (χ4n) is 0.0780. The molecule has 3 nitrogen and oxygen atoms in total. The van der Waals surface area contributed by atoms with E-state index in [1.807, 2.05) is 0 Å². The van der Waals surface area contributed by atoms with Crippen molar-refractivity contribution in [2.24, 2.45) is 5.10 Å². The number of hydrogen-bond donors (Lipinski definition) is 1. The Morgan fingerprint density at radius 2 is 2.60 bits per heavy atom. The van der Waals surface area contributed by atoms with Crippen LogP contribution in [-0.4, -0.2) is 5.84 Å². The van der Waals surface area contributed by atoms with Crippen LogP contribution in [0.25, 0.3) is 0 Å². The molecule has 0 fully saturated rings. The van der Waals surface area contributed by atoms with Gasteiger partial charge in [0.1, 0.15) is 6.07 Å². The zero-order valence-electron chi connectivity index (χ0n) is 2.39. The van der Waals surface area contributed by atoms with Crippen molar-refractivity contribution in [2.75, 3.05) is 0 Å². The van der Waals surface area contributed by atoms with Crippen molar-refractivity contribution in [3.63, 3.8) is 0 Å². The zero-order valence-corrected chi connectivity index (χ0v) is 2.39. The zero-order chi connectivity index (χ0) is 3.70. The Morgan fingerprint density at radius 1 is 2.00 bits per heavy atom. The van der Waals surface area contributed by atoms with E-state index < -0.39 is 0 Å². The van der Waals surface area contributed by atoms with Crippen LogP contribution in [0.2, 0.25) is 0 Å². The summed E-state index contributed by atoms with van der Waals surface area (Å²) in [6.45, 7) is 0. The molecule has 0 aromatic rings. The number of nitrogens with one attached hydrogen (secondary N) is 1. The highest BCUT2D eigenvalue weighted by Crippen LogP contribution is 1.78. The molecule has 5 heavy (non-hydrogen) atoms. The predicted octanol–water partition coefficient (Wildman–Crippen LogP) is -0.573. The first-order valence-corrected chi connectivity index (χ1v) is 1.17. The lowest BCUT2D eigenvalue weighted by Gasteiger charge is -1.42. The minimum Gasteiger partial charge on any atom is -0.248 e. The molecule has 24 valence electrons. The van der Waals surface area contributed by atoms with Gasteiger partial charge in [0, 0.05) is 0 Å². The topological polar surface area (TPSA) is 58.1 Å². The molecule has 0 unspecified atom stereocenters. The predicted molar refractivity (Wildman–Crippen MR) is 16.2 cm³/mol. The third kappa shape index (κ3) is 0.174. The Kier molecular flexibility index (Phi) is 0.205. The standard InChI is InChI=1S/C2HN3/c3-1-2-4-5-2/h(H,4,5). The summed E-state index contributed by atoms with van der Waals surface area (Å²) < 4.78 is 0. The van der Waals surface area contributed by atoms with E-state index in [0.29, 0.717) is 5.84 Å². The van der Waals surface area contributed by atoms with Crippen LogP contribution in [-0.2, 0) is 0 Å². The maximum Gasteiger partial charge on any atom is 0.244 e. The van der Waals surface area contributed by atoms with Gasteiger partial charge in [-0.2, -0.15) is 5.26 Å². The molecule has 0 radical (unpaired) electrons. The van der Waals surface area contributed by atoms with E-state index in [2.05, 4.69) is 10.5 Å². The quantitative estimate of drug-likeness (QED) is 0.412. The number of rotatable bonds is 0. The largest absolute Gasteiger partial charge is 0.248 e. The number of hydrazone groups is 1. The second-order valence-electron chi connectivity index (χ2n) is 0.684. The lowest BCUT2D eigenvalue weighted by Crippen LogP contribution is -1.82. The van der Waals surface area contributed by atoms with Gasteiger partial charge < -0.3 is 0 Å². The summed E-state index contributed by atoms with van der Waals surface area (Å²) in [4.78, 5) is 0. The molecule has 0 saturated carbocycles. The highest BCUT2D eigenvalue weighted by molar-refractivity contribution is 6.03. The van der Waals surface area contributed by atoms with E-state index in [4.69, 9.17) is 5.26 Å². The normalized spacial score (nSPS) is 14.6. The molecule has 1 aliphatic rings. The first-order chi connectivity index (χ1) is 2.43. The number of hydrogen-bond acceptors (Lipinski definition) is 3. The van der Waals surface area contributed by atoms with E-state index >= 15 is 0 Å². The summed E-state index contributed by atoms with van der Waals surface area (Å²) in [6.07, 6.45) is 0. The maximum absolute atomic E-state index is 7.76. The average molecular weight is 67.1 g/mol. The summed E-state index contributed by atoms with van der Waals surface area (Å²) in [7, 11) is 0. The second-order valence-corrected chi connectivity index (χ2v) is 0.684. The van der Waals surface area contributed by atoms with Crippen molar-refractivity contribution in [1.29, 1.82) is 5.26 Å². The molecular formula is C2HN3. The molecule has 0 amide bonds. The monoisotopic (exact) mass is 67.0 g/mol. The second kappa shape index (κ2) is 0.462. The fraction of sp³-hybridized carbons (Fsp3) is 0. The van der Waals surface area contributed by atoms with Crippen LogP contribution in [0, 0.1) is 11.3 Å². The van der Waals surface area contributed by atoms with Crippen LogP contribution >= 0.6 is 0 Å². The fourth-order valence-corrected chi connectivity index (χ4v) is 0.0780. The van der Waals surface area contributed by atoms with Crippen LogP contribution < -0.4 is 5.43 Å². The lowest BCUT2D eigenvalue weighted by molar-refractivity contribution is 1.26. The third-order valence-electron chi connectivity index (χ3n) is 0.330. The van der Waals surface area contributed by atoms with Crippen LogP contribution in [0.5, 0.6) is 0 Å². The third-order valence-corrected chi connectivity index (χ3v) is 0.330. The molecule has 1 heterocycles. The molecule has 0 saturated heterocycles. The molecule has 0 atom stereocenters. The van der Waals surface area contributed by atoms with Gasteiger partial charge in [-0.15, -0.1) is 5.10 Å². The highest BCUT2D eigenvalue weighted by Gasteiger charge is 2.03. The summed E-state index contributed by atoms with van der Waals surface area (Å²) in [5.74, 6) is 0.435. The van der Waals surface area contributed by atoms with Gasteiger partial charge in [-0.05, 0) is 0 Å². The number of nitrogens with zero attached hydrogens (tertiary/aromatic N) is 2. The maximum atomic E-state index is 7.76. The molecule has 1 N–H and O–H groups in total. The van der Waals surface area contributed by atoms with Crippen LogP contribution in [0.4, 0.5) is 0 Å². The van der Waals surface area contributed by atoms with Gasteiger partial charge in [-0.1, -0.05) is 0 Å². The molecule has 0 aromatic carbocycles. The van der Waals surface area contributed by atoms with Crippen LogP contribution in [0.1, 0.15) is 0 Å². The molecular weight excluding hydrogens is 66.0 g/mol. The Morgan fingerprint density at radius 3 is 2.60 bits per heavy atom. The van der Waals surface area contributed by atoms with Gasteiger partial charge in [-0.25, -0.2) is 5.43 Å². The van der Waals surface area contributed by atoms with Crippen molar-refractivity contribution in [3.8, 4) is 6.07 Å². The van der Waals surface area contributed by atoms with E-state index in [-0.39, 0.29) is 0 Å². The van der Waals surface area contributed by atoms with Gasteiger partial charge in [-0.3, -0.25) is 0 Å². The SMILES string of the molecule is N#CC1=NN1. The summed E-state index contributed by atoms with van der Waals surface area (Å²) >= 11 is 0. The minimum absolute atomic E-state index is 0.435. The molecule has 0 spiro atoms. The van der Waals surface area contributed by atoms with Gasteiger partial charge in [0.05, 0.1) is 0 Å². The average Bonchev–Trinajstić information content (AvgIpc) is 2.12. The van der Waals surface area contributed by atoms with Gasteiger partial charge >= 0.3 is 0 Å². The molecule has 0 aromatic heterocycles. The Balaban J connectivity index is 2.59. The highest BCUT2D eigenvalue weighted by atomic mass is 15.5. The van der Waals surface area contributed by atoms with Crippen molar-refractivity contribution in [3.05, 3.63) is 0 Å². The van der Waals surface area contributed by atoms with Crippen LogP contribution in [0.3, 0.4) is 0 Å². The van der Waals surface area contributed by atoms with Crippen molar-refractivity contribution in [1.82, 2.24) is 5.43 Å². The van der Waals surface area contributed by atoms with Crippen LogP contribution in [0.15, 0.2) is 5.10 Å². The molecule has 1 aliphatic heterocycles. The first kappa shape index (κ1) is 2.21. The molecule has 3 heteroatoms. The van der Waals surface area contributed by atoms with Gasteiger partial charge in [0.15, 0.2) is 0 Å². The number of amidine groups is 1. The molecule has 0 bridgehead atoms. The number of nitriles is 1. The van der Waals surface area contributed by atoms with Crippen molar-refractivity contribution < 1.29 is 0 Å². The molecule has 1 rings (SSSR count). The van der Waals surface area contributed by atoms with Crippen molar-refractivity contribution >= 4 is 5.84 Å². The van der Waals surface area contributed by atoms with E-state index in [1.54, 1.807) is 6.07 Å². The first-order valence-electron chi connectivity index (χ1n) is 1.17. The van der Waals surface area contributed by atoms with Crippen molar-refractivity contribution in [2.45, 2.75) is 0 Å². The Labute approximate surface area is 28.9 Å². The van der Waals surface area contributed by atoms with E-state index in [9.17, 15) is 0 Å². The van der Waals surface area contributed by atoms with Gasteiger partial charge in [0.25, 0.3) is 0 Å². The van der Waals surface area contributed by atoms with E-state index in [0.717, 1.165) is 0 Å². The van der Waals surface area contributed by atoms with Gasteiger partial charge in [0.2, 0.25) is 5.84 Å².